The summed E-state index contributed by atoms with van der Waals surface area (Å²) in [4.78, 5) is 2.31. The average molecular weight is 311 g/mol. The molecule has 0 spiro atoms. The second kappa shape index (κ2) is 6.37. The number of fused-ring (bicyclic) bond motifs is 2. The summed E-state index contributed by atoms with van der Waals surface area (Å²) in [6.45, 7) is 0. The van der Waals surface area contributed by atoms with Crippen LogP contribution in [0.25, 0.3) is 22.9 Å². The van der Waals surface area contributed by atoms with Gasteiger partial charge in [0.25, 0.3) is 0 Å². The Hall–Kier alpha value is -2.80. The van der Waals surface area contributed by atoms with Crippen molar-refractivity contribution in [1.29, 1.82) is 0 Å². The quantitative estimate of drug-likeness (QED) is 0.527. The molecule has 0 radical (unpaired) electrons. The van der Waals surface area contributed by atoms with E-state index in [1.54, 1.807) is 0 Å². The van der Waals surface area contributed by atoms with E-state index in [0.717, 1.165) is 12.8 Å². The summed E-state index contributed by atoms with van der Waals surface area (Å²) in [6, 6.07) is 21.5. The van der Waals surface area contributed by atoms with Crippen molar-refractivity contribution in [2.45, 2.75) is 12.8 Å². The van der Waals surface area contributed by atoms with Crippen molar-refractivity contribution in [3.05, 3.63) is 83.9 Å². The fourth-order valence-corrected chi connectivity index (χ4v) is 3.42. The molecule has 0 fully saturated rings. The Morgan fingerprint density at radius 2 is 1.50 bits per heavy atom. The molecule has 0 bridgehead atoms. The summed E-state index contributed by atoms with van der Waals surface area (Å²) in [7, 11) is 2.16. The molecule has 1 heteroatoms. The molecule has 0 atom stereocenters. The maximum atomic E-state index is 2.31. The summed E-state index contributed by atoms with van der Waals surface area (Å²) in [5.74, 6) is 0. The monoisotopic (exact) mass is 311 g/mol. The lowest BCUT2D eigenvalue weighted by atomic mass is 9.94. The van der Waals surface area contributed by atoms with Crippen LogP contribution < -0.4 is 4.90 Å². The number of benzene rings is 3. The van der Waals surface area contributed by atoms with E-state index in [1.807, 2.05) is 0 Å². The Morgan fingerprint density at radius 3 is 2.33 bits per heavy atom. The molecule has 4 rings (SSSR count). The van der Waals surface area contributed by atoms with Crippen molar-refractivity contribution in [3.8, 4) is 0 Å². The zero-order chi connectivity index (χ0) is 16.4. The van der Waals surface area contributed by atoms with Gasteiger partial charge in [-0.05, 0) is 42.0 Å². The number of hydrogen-bond acceptors (Lipinski definition) is 1. The standard InChI is InChI=1S/C23H21N/c1-24(20-13-6-4-7-14-20)23-21-15-8-3-2-5-11-18(21)17-19-12-9-10-16-22(19)23/h4-17H,2-3H2,1H3/b11-5-,15-8?. The van der Waals surface area contributed by atoms with Crippen molar-refractivity contribution in [1.82, 2.24) is 0 Å². The van der Waals surface area contributed by atoms with E-state index < -0.39 is 0 Å². The summed E-state index contributed by atoms with van der Waals surface area (Å²) < 4.78 is 0. The molecule has 3 aromatic rings. The molecule has 1 aliphatic rings. The number of allylic oxidation sites excluding steroid dienone is 2. The summed E-state index contributed by atoms with van der Waals surface area (Å²) in [5.41, 5.74) is 5.08. The van der Waals surface area contributed by atoms with Gasteiger partial charge in [0, 0.05) is 23.7 Å². The van der Waals surface area contributed by atoms with Gasteiger partial charge in [-0.2, -0.15) is 0 Å². The largest absolute Gasteiger partial charge is 0.344 e. The molecule has 0 aromatic heterocycles. The first-order valence-electron chi connectivity index (χ1n) is 8.52. The number of anilines is 2. The van der Waals surface area contributed by atoms with E-state index in [4.69, 9.17) is 0 Å². The fraction of sp³-hybridized carbons (Fsp3) is 0.130. The number of rotatable bonds is 2. The van der Waals surface area contributed by atoms with Crippen LogP contribution in [0.3, 0.4) is 0 Å². The van der Waals surface area contributed by atoms with Gasteiger partial charge in [0.1, 0.15) is 0 Å². The second-order valence-corrected chi connectivity index (χ2v) is 6.23. The van der Waals surface area contributed by atoms with Crippen molar-refractivity contribution in [2.24, 2.45) is 0 Å². The molecule has 1 aliphatic carbocycles. The summed E-state index contributed by atoms with van der Waals surface area (Å²) in [5, 5.41) is 2.58. The summed E-state index contributed by atoms with van der Waals surface area (Å²) in [6.07, 6.45) is 11.3. The Balaban J connectivity index is 2.03. The van der Waals surface area contributed by atoms with Gasteiger partial charge in [-0.15, -0.1) is 0 Å². The van der Waals surface area contributed by atoms with Gasteiger partial charge in [-0.3, -0.25) is 0 Å². The van der Waals surface area contributed by atoms with Crippen LogP contribution in [0.5, 0.6) is 0 Å². The van der Waals surface area contributed by atoms with Crippen LogP contribution in [0.15, 0.2) is 72.8 Å². The van der Waals surface area contributed by atoms with E-state index in [9.17, 15) is 0 Å². The molecular formula is C23H21N. The van der Waals surface area contributed by atoms with Crippen LogP contribution in [0, 0.1) is 0 Å². The van der Waals surface area contributed by atoms with E-state index in [2.05, 4.69) is 96.9 Å². The molecule has 0 saturated heterocycles. The molecule has 118 valence electrons. The predicted molar refractivity (Wildman–Crippen MR) is 106 cm³/mol. The van der Waals surface area contributed by atoms with Crippen molar-refractivity contribution < 1.29 is 0 Å². The highest BCUT2D eigenvalue weighted by Gasteiger charge is 2.15. The lowest BCUT2D eigenvalue weighted by Gasteiger charge is -2.25. The molecule has 0 aliphatic heterocycles. The Morgan fingerprint density at radius 1 is 0.792 bits per heavy atom. The minimum absolute atomic E-state index is 1.09. The third kappa shape index (κ3) is 2.63. The van der Waals surface area contributed by atoms with Gasteiger partial charge in [-0.1, -0.05) is 66.8 Å². The van der Waals surface area contributed by atoms with Crippen LogP contribution in [0.1, 0.15) is 24.0 Å². The maximum Gasteiger partial charge on any atom is 0.0567 e. The van der Waals surface area contributed by atoms with Gasteiger partial charge < -0.3 is 4.90 Å². The molecule has 0 unspecified atom stereocenters. The Labute approximate surface area is 143 Å². The first-order chi connectivity index (χ1) is 11.8. The average Bonchev–Trinajstić information content (AvgIpc) is 2.61. The van der Waals surface area contributed by atoms with Crippen molar-refractivity contribution in [2.75, 3.05) is 11.9 Å². The Bertz CT molecular complexity index is 919. The highest BCUT2D eigenvalue weighted by molar-refractivity contribution is 6.02. The molecule has 0 heterocycles. The molecular weight excluding hydrogens is 290 g/mol. The molecule has 24 heavy (non-hydrogen) atoms. The molecule has 1 nitrogen and oxygen atoms in total. The normalized spacial score (nSPS) is 14.7. The first-order valence-corrected chi connectivity index (χ1v) is 8.52. The van der Waals surface area contributed by atoms with Crippen LogP contribution in [-0.4, -0.2) is 7.05 Å². The zero-order valence-corrected chi connectivity index (χ0v) is 13.9. The van der Waals surface area contributed by atoms with Crippen LogP contribution in [0.2, 0.25) is 0 Å². The highest BCUT2D eigenvalue weighted by Crippen LogP contribution is 2.38. The zero-order valence-electron chi connectivity index (χ0n) is 13.9. The fourth-order valence-electron chi connectivity index (χ4n) is 3.42. The highest BCUT2D eigenvalue weighted by atomic mass is 15.1. The third-order valence-electron chi connectivity index (χ3n) is 4.65. The number of nitrogens with zero attached hydrogens (tertiary/aromatic N) is 1. The van der Waals surface area contributed by atoms with Gasteiger partial charge >= 0.3 is 0 Å². The van der Waals surface area contributed by atoms with Gasteiger partial charge in [0.2, 0.25) is 0 Å². The van der Waals surface area contributed by atoms with E-state index in [0.29, 0.717) is 0 Å². The van der Waals surface area contributed by atoms with Gasteiger partial charge in [-0.25, -0.2) is 0 Å². The van der Waals surface area contributed by atoms with Crippen molar-refractivity contribution in [3.63, 3.8) is 0 Å². The SMILES string of the molecule is CN(c1ccccc1)c1c2c(cc3ccccc13)/C=C\CCC=C2. The van der Waals surface area contributed by atoms with Crippen molar-refractivity contribution >= 4 is 34.3 Å². The minimum atomic E-state index is 1.09. The first kappa shape index (κ1) is 14.8. The summed E-state index contributed by atoms with van der Waals surface area (Å²) >= 11 is 0. The molecule has 0 saturated carbocycles. The van der Waals surface area contributed by atoms with Gasteiger partial charge in [0.15, 0.2) is 0 Å². The van der Waals surface area contributed by atoms with E-state index in [1.165, 1.54) is 33.3 Å². The number of para-hydroxylation sites is 1. The number of hydrogen-bond donors (Lipinski definition) is 0. The van der Waals surface area contributed by atoms with Crippen LogP contribution >= 0.6 is 0 Å². The maximum absolute atomic E-state index is 2.31. The lowest BCUT2D eigenvalue weighted by Crippen LogP contribution is -2.12. The lowest BCUT2D eigenvalue weighted by molar-refractivity contribution is 1.06. The smallest absolute Gasteiger partial charge is 0.0567 e. The van der Waals surface area contributed by atoms with E-state index in [-0.39, 0.29) is 0 Å². The van der Waals surface area contributed by atoms with Crippen LogP contribution in [-0.2, 0) is 0 Å². The van der Waals surface area contributed by atoms with Crippen LogP contribution in [0.4, 0.5) is 11.4 Å². The topological polar surface area (TPSA) is 3.24 Å². The molecule has 0 N–H and O–H groups in total. The Kier molecular flexibility index (Phi) is 3.92. The molecule has 3 aromatic carbocycles. The molecule has 0 amide bonds. The third-order valence-corrected chi connectivity index (χ3v) is 4.65. The van der Waals surface area contributed by atoms with E-state index >= 15 is 0 Å². The minimum Gasteiger partial charge on any atom is -0.344 e. The second-order valence-electron chi connectivity index (χ2n) is 6.23. The van der Waals surface area contributed by atoms with Gasteiger partial charge in [0.05, 0.1) is 5.69 Å². The predicted octanol–water partition coefficient (Wildman–Crippen LogP) is 6.43.